The molecule has 0 aliphatic heterocycles. The molecule has 3 aromatic rings. The van der Waals surface area contributed by atoms with Gasteiger partial charge in [0.05, 0.1) is 5.69 Å². The number of aliphatic hydroxyl groups is 1. The lowest BCUT2D eigenvalue weighted by atomic mass is 10.1. The third-order valence-electron chi connectivity index (χ3n) is 3.36. The Hall–Kier alpha value is -2.96. The van der Waals surface area contributed by atoms with Crippen LogP contribution in [-0.4, -0.2) is 20.7 Å². The largest absolute Gasteiger partial charge is 0.378 e. The third kappa shape index (κ3) is 4.07. The zero-order chi connectivity index (χ0) is 17.0. The van der Waals surface area contributed by atoms with Gasteiger partial charge in [0.25, 0.3) is 0 Å². The van der Waals surface area contributed by atoms with Crippen LogP contribution in [0.15, 0.2) is 66.9 Å². The molecule has 0 aliphatic carbocycles. The first-order valence-electron chi connectivity index (χ1n) is 7.76. The van der Waals surface area contributed by atoms with E-state index in [-0.39, 0.29) is 0 Å². The molecule has 3 rings (SSSR count). The van der Waals surface area contributed by atoms with E-state index in [0.29, 0.717) is 5.82 Å². The Balaban J connectivity index is 1.96. The van der Waals surface area contributed by atoms with Gasteiger partial charge >= 0.3 is 0 Å². The molecular formula is C21H18N2O. The van der Waals surface area contributed by atoms with Crippen LogP contribution in [0.2, 0.25) is 0 Å². The summed E-state index contributed by atoms with van der Waals surface area (Å²) in [4.78, 5) is 9.03. The van der Waals surface area contributed by atoms with Gasteiger partial charge in [-0.1, -0.05) is 54.3 Å². The number of rotatable bonds is 2. The maximum absolute atomic E-state index is 9.73. The summed E-state index contributed by atoms with van der Waals surface area (Å²) < 4.78 is 0. The minimum atomic E-state index is -1.01. The minimum Gasteiger partial charge on any atom is -0.378 e. The number of nitrogens with zero attached hydrogens (tertiary/aromatic N) is 2. The van der Waals surface area contributed by atoms with Crippen LogP contribution in [0.1, 0.15) is 19.4 Å². The monoisotopic (exact) mass is 314 g/mol. The van der Waals surface area contributed by atoms with Crippen LogP contribution in [-0.2, 0) is 0 Å². The van der Waals surface area contributed by atoms with Crippen molar-refractivity contribution in [3.63, 3.8) is 0 Å². The standard InChI is InChI=1S/C21H18N2O/c1-21(2,24)13-11-16-7-6-10-18(15-16)20-22-14-12-19(23-20)17-8-4-3-5-9-17/h3-10,12,14-15,24H,1-2H3. The number of benzene rings is 2. The Labute approximate surface area is 142 Å². The van der Waals surface area contributed by atoms with E-state index in [9.17, 15) is 5.11 Å². The summed E-state index contributed by atoms with van der Waals surface area (Å²) in [7, 11) is 0. The van der Waals surface area contributed by atoms with E-state index in [4.69, 9.17) is 0 Å². The highest BCUT2D eigenvalue weighted by molar-refractivity contribution is 5.64. The normalized spacial score (nSPS) is 10.8. The quantitative estimate of drug-likeness (QED) is 0.729. The molecule has 0 saturated heterocycles. The zero-order valence-electron chi connectivity index (χ0n) is 13.7. The van der Waals surface area contributed by atoms with Crippen LogP contribution >= 0.6 is 0 Å². The van der Waals surface area contributed by atoms with Gasteiger partial charge in [0.15, 0.2) is 5.82 Å². The second kappa shape index (κ2) is 6.66. The first kappa shape index (κ1) is 15.9. The molecule has 0 atom stereocenters. The summed E-state index contributed by atoms with van der Waals surface area (Å²) >= 11 is 0. The molecule has 3 heteroatoms. The van der Waals surface area contributed by atoms with E-state index < -0.39 is 5.60 Å². The van der Waals surface area contributed by atoms with Crippen molar-refractivity contribution in [1.82, 2.24) is 9.97 Å². The molecule has 0 unspecified atom stereocenters. The van der Waals surface area contributed by atoms with Crippen LogP contribution < -0.4 is 0 Å². The molecule has 2 aromatic carbocycles. The average Bonchev–Trinajstić information content (AvgIpc) is 2.61. The van der Waals surface area contributed by atoms with Gasteiger partial charge in [-0.15, -0.1) is 0 Å². The highest BCUT2D eigenvalue weighted by Crippen LogP contribution is 2.21. The van der Waals surface area contributed by atoms with Crippen molar-refractivity contribution < 1.29 is 5.11 Å². The maximum atomic E-state index is 9.73. The molecule has 0 saturated carbocycles. The van der Waals surface area contributed by atoms with Gasteiger partial charge in [-0.05, 0) is 32.0 Å². The molecule has 118 valence electrons. The summed E-state index contributed by atoms with van der Waals surface area (Å²) in [6.45, 7) is 3.33. The van der Waals surface area contributed by atoms with E-state index in [2.05, 4.69) is 21.8 Å². The molecular weight excluding hydrogens is 296 g/mol. The fourth-order valence-corrected chi connectivity index (χ4v) is 2.23. The van der Waals surface area contributed by atoms with Gasteiger partial charge in [0.1, 0.15) is 5.60 Å². The Morgan fingerprint density at radius 1 is 0.917 bits per heavy atom. The fourth-order valence-electron chi connectivity index (χ4n) is 2.23. The third-order valence-corrected chi connectivity index (χ3v) is 3.36. The lowest BCUT2D eigenvalue weighted by molar-refractivity contribution is 0.143. The van der Waals surface area contributed by atoms with Crippen LogP contribution in [0.4, 0.5) is 0 Å². The molecule has 0 bridgehead atoms. The van der Waals surface area contributed by atoms with Gasteiger partial charge in [-0.25, -0.2) is 9.97 Å². The van der Waals surface area contributed by atoms with Crippen molar-refractivity contribution in [2.75, 3.05) is 0 Å². The lowest BCUT2D eigenvalue weighted by Crippen LogP contribution is -2.14. The van der Waals surface area contributed by atoms with Crippen molar-refractivity contribution in [3.8, 4) is 34.5 Å². The summed E-state index contributed by atoms with van der Waals surface area (Å²) in [6.07, 6.45) is 1.76. The summed E-state index contributed by atoms with van der Waals surface area (Å²) in [5.74, 6) is 6.46. The molecule has 1 heterocycles. The van der Waals surface area contributed by atoms with Gasteiger partial charge in [0, 0.05) is 22.9 Å². The second-order valence-corrected chi connectivity index (χ2v) is 6.02. The topological polar surface area (TPSA) is 46.0 Å². The first-order chi connectivity index (χ1) is 11.5. The lowest BCUT2D eigenvalue weighted by Gasteiger charge is -2.06. The molecule has 3 nitrogen and oxygen atoms in total. The summed E-state index contributed by atoms with van der Waals surface area (Å²) in [5, 5.41) is 9.73. The van der Waals surface area contributed by atoms with Gasteiger partial charge in [0.2, 0.25) is 0 Å². The highest BCUT2D eigenvalue weighted by atomic mass is 16.3. The van der Waals surface area contributed by atoms with Gasteiger partial charge in [-0.3, -0.25) is 0 Å². The molecule has 0 amide bonds. The maximum Gasteiger partial charge on any atom is 0.159 e. The molecule has 0 spiro atoms. The van der Waals surface area contributed by atoms with Crippen molar-refractivity contribution in [2.45, 2.75) is 19.4 Å². The zero-order valence-corrected chi connectivity index (χ0v) is 13.7. The Bertz CT molecular complexity index is 900. The molecule has 24 heavy (non-hydrogen) atoms. The van der Waals surface area contributed by atoms with Crippen LogP contribution in [0.3, 0.4) is 0 Å². The Morgan fingerprint density at radius 2 is 1.67 bits per heavy atom. The van der Waals surface area contributed by atoms with Gasteiger partial charge < -0.3 is 5.11 Å². The van der Waals surface area contributed by atoms with Crippen LogP contribution in [0.25, 0.3) is 22.6 Å². The smallest absolute Gasteiger partial charge is 0.159 e. The van der Waals surface area contributed by atoms with E-state index in [0.717, 1.165) is 22.4 Å². The SMILES string of the molecule is CC(C)(O)C#Cc1cccc(-c2nccc(-c3ccccc3)n2)c1. The molecule has 0 radical (unpaired) electrons. The first-order valence-corrected chi connectivity index (χ1v) is 7.76. The number of hydrogen-bond donors (Lipinski definition) is 1. The predicted octanol–water partition coefficient (Wildman–Crippen LogP) is 3.93. The molecule has 1 N–H and O–H groups in total. The summed E-state index contributed by atoms with van der Waals surface area (Å²) in [6, 6.07) is 19.6. The van der Waals surface area contributed by atoms with E-state index in [1.54, 1.807) is 20.0 Å². The van der Waals surface area contributed by atoms with Crippen molar-refractivity contribution >= 4 is 0 Å². The minimum absolute atomic E-state index is 0.656. The fraction of sp³-hybridized carbons (Fsp3) is 0.143. The molecule has 0 aliphatic rings. The molecule has 0 fully saturated rings. The van der Waals surface area contributed by atoms with E-state index >= 15 is 0 Å². The number of aromatic nitrogens is 2. The van der Waals surface area contributed by atoms with Crippen molar-refractivity contribution in [1.29, 1.82) is 0 Å². The Morgan fingerprint density at radius 3 is 2.42 bits per heavy atom. The number of hydrogen-bond acceptors (Lipinski definition) is 3. The average molecular weight is 314 g/mol. The van der Waals surface area contributed by atoms with Gasteiger partial charge in [-0.2, -0.15) is 0 Å². The second-order valence-electron chi connectivity index (χ2n) is 6.02. The van der Waals surface area contributed by atoms with E-state index in [1.165, 1.54) is 0 Å². The van der Waals surface area contributed by atoms with E-state index in [1.807, 2.05) is 60.7 Å². The van der Waals surface area contributed by atoms with Crippen molar-refractivity contribution in [3.05, 3.63) is 72.4 Å². The van der Waals surface area contributed by atoms with Crippen molar-refractivity contribution in [2.24, 2.45) is 0 Å². The highest BCUT2D eigenvalue weighted by Gasteiger charge is 2.07. The summed E-state index contributed by atoms with van der Waals surface area (Å²) in [5.41, 5.74) is 2.64. The van der Waals surface area contributed by atoms with Crippen LogP contribution in [0, 0.1) is 11.8 Å². The predicted molar refractivity (Wildman–Crippen MR) is 96.1 cm³/mol. The Kier molecular flexibility index (Phi) is 4.41. The molecule has 1 aromatic heterocycles. The van der Waals surface area contributed by atoms with Crippen LogP contribution in [0.5, 0.6) is 0 Å².